The van der Waals surface area contributed by atoms with E-state index in [1.165, 1.54) is 36.8 Å². The number of hydrogen-bond acceptors (Lipinski definition) is 2. The molecule has 1 heterocycles. The second kappa shape index (κ2) is 7.68. The van der Waals surface area contributed by atoms with Gasteiger partial charge >= 0.3 is 0 Å². The van der Waals surface area contributed by atoms with Crippen molar-refractivity contribution in [2.45, 2.75) is 77.4 Å². The molecule has 0 aromatic heterocycles. The van der Waals surface area contributed by atoms with Crippen LogP contribution in [0.15, 0.2) is 11.1 Å². The minimum atomic E-state index is -1.10. The Morgan fingerprint density at radius 3 is 2.43 bits per heavy atom. The quantitative estimate of drug-likeness (QED) is 0.406. The lowest BCUT2D eigenvalue weighted by Crippen LogP contribution is -2.32. The fraction of sp³-hybridized carbons (Fsp3) is 0.824. The number of allylic oxidation sites excluding steroid dienone is 2. The van der Waals surface area contributed by atoms with Crippen LogP contribution in [-0.4, -0.2) is 26.6 Å². The Balaban J connectivity index is 1.82. The zero-order valence-corrected chi connectivity index (χ0v) is 14.5. The Bertz CT molecular complexity index is 408. The van der Waals surface area contributed by atoms with E-state index in [-0.39, 0.29) is 17.1 Å². The summed E-state index contributed by atoms with van der Waals surface area (Å²) in [5, 5.41) is 0.0429. The number of rotatable bonds is 7. The molecule has 2 rings (SSSR count). The van der Waals surface area contributed by atoms with Crippen molar-refractivity contribution in [2.24, 2.45) is 5.92 Å². The summed E-state index contributed by atoms with van der Waals surface area (Å²) in [6.07, 6.45) is 8.84. The van der Waals surface area contributed by atoms with Crippen LogP contribution in [0.2, 0.25) is 0 Å². The van der Waals surface area contributed by atoms with Crippen LogP contribution >= 0.6 is 0 Å². The van der Waals surface area contributed by atoms with Crippen molar-refractivity contribution >= 4 is 17.3 Å². The van der Waals surface area contributed by atoms with Crippen molar-refractivity contribution < 1.29 is 9.35 Å². The maximum absolute atomic E-state index is 12.6. The maximum Gasteiger partial charge on any atom is 0.272 e. The van der Waals surface area contributed by atoms with Crippen molar-refractivity contribution in [1.82, 2.24) is 4.31 Å². The Morgan fingerprint density at radius 1 is 1.10 bits per heavy atom. The molecule has 0 bridgehead atoms. The van der Waals surface area contributed by atoms with Gasteiger partial charge in [-0.3, -0.25) is 4.79 Å². The van der Waals surface area contributed by atoms with Crippen molar-refractivity contribution in [3.63, 3.8) is 0 Å². The van der Waals surface area contributed by atoms with E-state index in [4.69, 9.17) is 0 Å². The van der Waals surface area contributed by atoms with Gasteiger partial charge in [0.25, 0.3) is 5.91 Å². The van der Waals surface area contributed by atoms with Gasteiger partial charge in [-0.15, -0.1) is 0 Å². The molecule has 1 unspecified atom stereocenters. The first kappa shape index (κ1) is 16.9. The molecule has 0 spiro atoms. The predicted molar refractivity (Wildman–Crippen MR) is 88.1 cm³/mol. The van der Waals surface area contributed by atoms with Crippen LogP contribution in [0.1, 0.15) is 72.1 Å². The average Bonchev–Trinajstić information content (AvgIpc) is 2.68. The fourth-order valence-electron chi connectivity index (χ4n) is 3.38. The van der Waals surface area contributed by atoms with E-state index in [2.05, 4.69) is 20.8 Å². The highest BCUT2D eigenvalue weighted by atomic mass is 32.2. The fourth-order valence-corrected chi connectivity index (χ4v) is 5.22. The van der Waals surface area contributed by atoms with Gasteiger partial charge in [-0.1, -0.05) is 50.2 Å². The van der Waals surface area contributed by atoms with Gasteiger partial charge in [0.2, 0.25) is 0 Å². The van der Waals surface area contributed by atoms with Crippen LogP contribution in [0.4, 0.5) is 0 Å². The minimum Gasteiger partial charge on any atom is -0.593 e. The SMILES string of the molecule is CCCCCCCCN1C(=O)[C@H]2CC(C)=C(C)C[C@H]2[S+]1[O-]. The van der Waals surface area contributed by atoms with Gasteiger partial charge in [0.1, 0.15) is 0 Å². The highest BCUT2D eigenvalue weighted by molar-refractivity contribution is 7.90. The number of hydrogen-bond donors (Lipinski definition) is 0. The van der Waals surface area contributed by atoms with Gasteiger partial charge in [0.05, 0.1) is 23.8 Å². The van der Waals surface area contributed by atoms with Gasteiger partial charge in [0, 0.05) is 6.42 Å². The van der Waals surface area contributed by atoms with Crippen LogP contribution in [0.5, 0.6) is 0 Å². The Morgan fingerprint density at radius 2 is 1.71 bits per heavy atom. The number of nitrogens with zero attached hydrogens (tertiary/aromatic N) is 1. The normalized spacial score (nSPS) is 29.2. The molecule has 1 aliphatic heterocycles. The van der Waals surface area contributed by atoms with Crippen molar-refractivity contribution in [3.05, 3.63) is 11.1 Å². The van der Waals surface area contributed by atoms with E-state index in [1.807, 2.05) is 0 Å². The molecule has 0 saturated carbocycles. The van der Waals surface area contributed by atoms with E-state index >= 15 is 0 Å². The smallest absolute Gasteiger partial charge is 0.272 e. The summed E-state index contributed by atoms with van der Waals surface area (Å²) in [4.78, 5) is 12.5. The number of carbonyl (C=O) groups excluding carboxylic acids is 1. The summed E-state index contributed by atoms with van der Waals surface area (Å²) >= 11 is -1.10. The Hall–Kier alpha value is -0.480. The lowest BCUT2D eigenvalue weighted by atomic mass is 9.84. The summed E-state index contributed by atoms with van der Waals surface area (Å²) in [6.45, 7) is 7.12. The zero-order chi connectivity index (χ0) is 15.4. The lowest BCUT2D eigenvalue weighted by molar-refractivity contribution is -0.129. The van der Waals surface area contributed by atoms with Crippen LogP contribution in [0.3, 0.4) is 0 Å². The summed E-state index contributed by atoms with van der Waals surface area (Å²) in [5.74, 6) is 0.119. The molecule has 3 atom stereocenters. The van der Waals surface area contributed by atoms with Crippen LogP contribution in [0, 0.1) is 5.92 Å². The first-order chi connectivity index (χ1) is 10.1. The molecule has 4 heteroatoms. The van der Waals surface area contributed by atoms with Crippen molar-refractivity contribution in [1.29, 1.82) is 0 Å². The van der Waals surface area contributed by atoms with E-state index in [9.17, 15) is 9.35 Å². The third kappa shape index (κ3) is 3.84. The van der Waals surface area contributed by atoms with E-state index < -0.39 is 11.4 Å². The standard InChI is InChI=1S/C17H29NO2S/c1-4-5-6-7-8-9-10-18-17(19)15-11-13(2)14(3)12-16(15)21(18)20/h15-16H,4-12H2,1-3H3/t15-,16+,21?/m0/s1. The monoisotopic (exact) mass is 311 g/mol. The lowest BCUT2D eigenvalue weighted by Gasteiger charge is -2.24. The zero-order valence-electron chi connectivity index (χ0n) is 13.7. The van der Waals surface area contributed by atoms with Crippen molar-refractivity contribution in [2.75, 3.05) is 6.54 Å². The highest BCUT2D eigenvalue weighted by Gasteiger charge is 2.53. The topological polar surface area (TPSA) is 43.4 Å². The number of fused-ring (bicyclic) bond motifs is 1. The maximum atomic E-state index is 12.6. The molecular formula is C17H29NO2S. The molecule has 0 aromatic rings. The van der Waals surface area contributed by atoms with Gasteiger partial charge in [-0.2, -0.15) is 4.31 Å². The molecule has 2 aliphatic rings. The molecule has 0 N–H and O–H groups in total. The van der Waals surface area contributed by atoms with Crippen LogP contribution in [-0.2, 0) is 16.2 Å². The minimum absolute atomic E-state index is 0.0189. The third-order valence-electron chi connectivity index (χ3n) is 4.96. The highest BCUT2D eigenvalue weighted by Crippen LogP contribution is 2.41. The molecular weight excluding hydrogens is 282 g/mol. The van der Waals surface area contributed by atoms with Crippen molar-refractivity contribution in [3.8, 4) is 0 Å². The molecule has 1 aliphatic carbocycles. The van der Waals surface area contributed by atoms with Gasteiger partial charge < -0.3 is 4.55 Å². The second-order valence-corrected chi connectivity index (χ2v) is 8.20. The van der Waals surface area contributed by atoms with Gasteiger partial charge in [-0.25, -0.2) is 0 Å². The van der Waals surface area contributed by atoms with E-state index in [0.29, 0.717) is 6.54 Å². The van der Waals surface area contributed by atoms with E-state index in [1.54, 1.807) is 4.31 Å². The van der Waals surface area contributed by atoms with Gasteiger partial charge in [-0.05, 0) is 26.7 Å². The first-order valence-electron chi connectivity index (χ1n) is 8.43. The molecule has 1 saturated heterocycles. The summed E-state index contributed by atoms with van der Waals surface area (Å²) in [7, 11) is 0. The number of carbonyl (C=O) groups is 1. The molecule has 21 heavy (non-hydrogen) atoms. The third-order valence-corrected chi connectivity index (χ3v) is 6.77. The van der Waals surface area contributed by atoms with Crippen LogP contribution in [0.25, 0.3) is 0 Å². The second-order valence-electron chi connectivity index (χ2n) is 6.60. The predicted octanol–water partition coefficient (Wildman–Crippen LogP) is 3.97. The summed E-state index contributed by atoms with van der Waals surface area (Å²) < 4.78 is 14.2. The summed E-state index contributed by atoms with van der Waals surface area (Å²) in [6, 6.07) is 0. The Kier molecular flexibility index (Phi) is 6.18. The van der Waals surface area contributed by atoms with Gasteiger partial charge in [0.15, 0.2) is 5.25 Å². The molecule has 3 nitrogen and oxygen atoms in total. The van der Waals surface area contributed by atoms with E-state index in [0.717, 1.165) is 25.7 Å². The summed E-state index contributed by atoms with van der Waals surface area (Å²) in [5.41, 5.74) is 2.65. The molecule has 120 valence electrons. The molecule has 0 aromatic carbocycles. The molecule has 0 radical (unpaired) electrons. The number of amides is 1. The molecule has 1 amide bonds. The average molecular weight is 311 g/mol. The number of unbranched alkanes of at least 4 members (excludes halogenated alkanes) is 5. The first-order valence-corrected chi connectivity index (χ1v) is 9.60. The van der Waals surface area contributed by atoms with Crippen LogP contribution < -0.4 is 0 Å². The Labute approximate surface area is 132 Å². The molecule has 1 fully saturated rings. The largest absolute Gasteiger partial charge is 0.593 e.